The summed E-state index contributed by atoms with van der Waals surface area (Å²) >= 11 is 0. The summed E-state index contributed by atoms with van der Waals surface area (Å²) < 4.78 is 5.35. The van der Waals surface area contributed by atoms with Crippen LogP contribution in [0.5, 0.6) is 0 Å². The Balaban J connectivity index is 1.76. The normalized spacial score (nSPS) is 16.6. The lowest BCUT2D eigenvalue weighted by Gasteiger charge is -2.26. The molecule has 0 unspecified atom stereocenters. The molecule has 1 aromatic carbocycles. The van der Waals surface area contributed by atoms with E-state index in [2.05, 4.69) is 9.88 Å². The first-order valence-electron chi connectivity index (χ1n) is 6.94. The van der Waals surface area contributed by atoms with Gasteiger partial charge < -0.3 is 15.5 Å². The van der Waals surface area contributed by atoms with Crippen molar-refractivity contribution in [2.75, 3.05) is 32.8 Å². The van der Waals surface area contributed by atoms with Crippen molar-refractivity contribution >= 4 is 16.8 Å². The summed E-state index contributed by atoms with van der Waals surface area (Å²) in [5, 5.41) is 1.09. The number of fused-ring (bicyclic) bond motifs is 1. The van der Waals surface area contributed by atoms with Crippen LogP contribution in [0.1, 0.15) is 15.9 Å². The van der Waals surface area contributed by atoms with Gasteiger partial charge in [0.05, 0.1) is 13.2 Å². The SMILES string of the molecule is NC(=O)c1ccc2[nH]cc(CCN3CCOCC3)c2c1. The number of ether oxygens (including phenoxy) is 1. The van der Waals surface area contributed by atoms with Gasteiger partial charge in [0.15, 0.2) is 0 Å². The van der Waals surface area contributed by atoms with Gasteiger partial charge in [-0.25, -0.2) is 0 Å². The predicted molar refractivity (Wildman–Crippen MR) is 77.8 cm³/mol. The smallest absolute Gasteiger partial charge is 0.248 e. The van der Waals surface area contributed by atoms with Crippen molar-refractivity contribution in [3.05, 3.63) is 35.5 Å². The van der Waals surface area contributed by atoms with Gasteiger partial charge in [0.25, 0.3) is 0 Å². The van der Waals surface area contributed by atoms with Crippen molar-refractivity contribution in [3.8, 4) is 0 Å². The van der Waals surface area contributed by atoms with Crippen molar-refractivity contribution in [3.63, 3.8) is 0 Å². The summed E-state index contributed by atoms with van der Waals surface area (Å²) in [5.41, 5.74) is 8.18. The number of nitrogens with zero attached hydrogens (tertiary/aromatic N) is 1. The number of rotatable bonds is 4. The molecule has 5 nitrogen and oxygen atoms in total. The molecule has 0 spiro atoms. The van der Waals surface area contributed by atoms with Crippen molar-refractivity contribution in [1.82, 2.24) is 9.88 Å². The molecule has 1 aliphatic rings. The minimum Gasteiger partial charge on any atom is -0.379 e. The van der Waals surface area contributed by atoms with E-state index in [1.54, 1.807) is 6.07 Å². The predicted octanol–water partition coefficient (Wildman–Crippen LogP) is 1.14. The van der Waals surface area contributed by atoms with Gasteiger partial charge in [0.2, 0.25) is 5.91 Å². The molecule has 1 amide bonds. The second-order valence-electron chi connectivity index (χ2n) is 5.14. The largest absolute Gasteiger partial charge is 0.379 e. The highest BCUT2D eigenvalue weighted by Gasteiger charge is 2.12. The number of carbonyl (C=O) groups excluding carboxylic acids is 1. The van der Waals surface area contributed by atoms with E-state index in [0.29, 0.717) is 5.56 Å². The molecule has 3 N–H and O–H groups in total. The number of primary amides is 1. The molecule has 0 radical (unpaired) electrons. The van der Waals surface area contributed by atoms with Crippen LogP contribution >= 0.6 is 0 Å². The van der Waals surface area contributed by atoms with Gasteiger partial charge in [0, 0.05) is 42.3 Å². The summed E-state index contributed by atoms with van der Waals surface area (Å²) in [6.07, 6.45) is 2.98. The average molecular weight is 273 g/mol. The molecule has 0 aliphatic carbocycles. The molecule has 1 aliphatic heterocycles. The topological polar surface area (TPSA) is 71.4 Å². The van der Waals surface area contributed by atoms with Crippen molar-refractivity contribution in [2.24, 2.45) is 5.73 Å². The van der Waals surface area contributed by atoms with E-state index in [1.807, 2.05) is 18.3 Å². The highest BCUT2D eigenvalue weighted by atomic mass is 16.5. The Labute approximate surface area is 117 Å². The molecule has 20 heavy (non-hydrogen) atoms. The molecule has 1 fully saturated rings. The maximum atomic E-state index is 11.3. The number of benzene rings is 1. The molecule has 3 rings (SSSR count). The maximum Gasteiger partial charge on any atom is 0.248 e. The van der Waals surface area contributed by atoms with E-state index < -0.39 is 0 Å². The molecule has 1 saturated heterocycles. The fraction of sp³-hybridized carbons (Fsp3) is 0.400. The van der Waals surface area contributed by atoms with Crippen LogP contribution in [0.25, 0.3) is 10.9 Å². The fourth-order valence-corrected chi connectivity index (χ4v) is 2.64. The number of hydrogen-bond donors (Lipinski definition) is 2. The Morgan fingerprint density at radius 1 is 1.35 bits per heavy atom. The second-order valence-corrected chi connectivity index (χ2v) is 5.14. The Bertz CT molecular complexity index is 615. The molecule has 0 saturated carbocycles. The highest BCUT2D eigenvalue weighted by molar-refractivity contribution is 5.97. The average Bonchev–Trinajstić information content (AvgIpc) is 2.88. The lowest BCUT2D eigenvalue weighted by atomic mass is 10.1. The monoisotopic (exact) mass is 273 g/mol. The van der Waals surface area contributed by atoms with Crippen LogP contribution < -0.4 is 5.73 Å². The van der Waals surface area contributed by atoms with Gasteiger partial charge >= 0.3 is 0 Å². The quantitative estimate of drug-likeness (QED) is 0.877. The summed E-state index contributed by atoms with van der Waals surface area (Å²) in [4.78, 5) is 16.9. The zero-order valence-corrected chi connectivity index (χ0v) is 11.4. The lowest BCUT2D eigenvalue weighted by molar-refractivity contribution is 0.0385. The van der Waals surface area contributed by atoms with Crippen LogP contribution in [-0.2, 0) is 11.2 Å². The van der Waals surface area contributed by atoms with E-state index in [-0.39, 0.29) is 5.91 Å². The summed E-state index contributed by atoms with van der Waals surface area (Å²) in [6.45, 7) is 4.64. The third-order valence-electron chi connectivity index (χ3n) is 3.85. The number of aromatic nitrogens is 1. The Morgan fingerprint density at radius 2 is 2.15 bits per heavy atom. The Kier molecular flexibility index (Phi) is 3.71. The van der Waals surface area contributed by atoms with E-state index in [0.717, 1.165) is 50.2 Å². The lowest BCUT2D eigenvalue weighted by Crippen LogP contribution is -2.37. The molecular formula is C15H19N3O2. The van der Waals surface area contributed by atoms with Crippen molar-refractivity contribution in [1.29, 1.82) is 0 Å². The van der Waals surface area contributed by atoms with Crippen LogP contribution in [-0.4, -0.2) is 48.6 Å². The summed E-state index contributed by atoms with van der Waals surface area (Å²) in [5.74, 6) is -0.382. The molecule has 5 heteroatoms. The van der Waals surface area contributed by atoms with Crippen molar-refractivity contribution in [2.45, 2.75) is 6.42 Å². The van der Waals surface area contributed by atoms with E-state index in [9.17, 15) is 4.79 Å². The van der Waals surface area contributed by atoms with Crippen LogP contribution in [0.3, 0.4) is 0 Å². The fourth-order valence-electron chi connectivity index (χ4n) is 2.64. The highest BCUT2D eigenvalue weighted by Crippen LogP contribution is 2.20. The zero-order valence-electron chi connectivity index (χ0n) is 11.4. The van der Waals surface area contributed by atoms with E-state index in [1.165, 1.54) is 5.56 Å². The number of nitrogens with two attached hydrogens (primary N) is 1. The zero-order chi connectivity index (χ0) is 13.9. The van der Waals surface area contributed by atoms with Gasteiger partial charge in [-0.3, -0.25) is 9.69 Å². The minimum absolute atomic E-state index is 0.382. The molecule has 106 valence electrons. The van der Waals surface area contributed by atoms with Gasteiger partial charge in [-0.15, -0.1) is 0 Å². The molecule has 2 heterocycles. The van der Waals surface area contributed by atoms with Gasteiger partial charge in [-0.1, -0.05) is 0 Å². The molecule has 0 atom stereocenters. The Morgan fingerprint density at radius 3 is 2.90 bits per heavy atom. The third-order valence-corrected chi connectivity index (χ3v) is 3.85. The van der Waals surface area contributed by atoms with Crippen LogP contribution in [0.4, 0.5) is 0 Å². The maximum absolute atomic E-state index is 11.3. The number of carbonyl (C=O) groups is 1. The van der Waals surface area contributed by atoms with Gasteiger partial charge in [0.1, 0.15) is 0 Å². The van der Waals surface area contributed by atoms with Gasteiger partial charge in [-0.2, -0.15) is 0 Å². The molecule has 2 aromatic rings. The molecule has 0 bridgehead atoms. The van der Waals surface area contributed by atoms with Crippen LogP contribution in [0, 0.1) is 0 Å². The van der Waals surface area contributed by atoms with Crippen LogP contribution in [0.15, 0.2) is 24.4 Å². The third kappa shape index (κ3) is 2.69. The number of nitrogens with one attached hydrogen (secondary N) is 1. The van der Waals surface area contributed by atoms with E-state index >= 15 is 0 Å². The molecular weight excluding hydrogens is 254 g/mol. The summed E-state index contributed by atoms with van der Waals surface area (Å²) in [6, 6.07) is 5.55. The first kappa shape index (κ1) is 13.1. The Hall–Kier alpha value is -1.85. The summed E-state index contributed by atoms with van der Waals surface area (Å²) in [7, 11) is 0. The number of amides is 1. The standard InChI is InChI=1S/C15H19N3O2/c16-15(19)11-1-2-14-13(9-11)12(10-17-14)3-4-18-5-7-20-8-6-18/h1-2,9-10,17H,3-8H2,(H2,16,19). The number of aromatic amines is 1. The van der Waals surface area contributed by atoms with E-state index in [4.69, 9.17) is 10.5 Å². The number of morpholine rings is 1. The number of H-pyrrole nitrogens is 1. The number of hydrogen-bond acceptors (Lipinski definition) is 3. The second kappa shape index (κ2) is 5.64. The van der Waals surface area contributed by atoms with Gasteiger partial charge in [-0.05, 0) is 30.2 Å². The van der Waals surface area contributed by atoms with Crippen molar-refractivity contribution < 1.29 is 9.53 Å². The van der Waals surface area contributed by atoms with Crippen LogP contribution in [0.2, 0.25) is 0 Å². The first-order chi connectivity index (χ1) is 9.74. The first-order valence-corrected chi connectivity index (χ1v) is 6.94. The minimum atomic E-state index is -0.382. The molecule has 1 aromatic heterocycles.